The minimum atomic E-state index is -0.582. The minimum Gasteiger partial charge on any atom is -0.453 e. The molecule has 2 rings (SSSR count). The molecule has 18 heavy (non-hydrogen) atoms. The van der Waals surface area contributed by atoms with E-state index in [1.165, 1.54) is 36.4 Å². The minimum absolute atomic E-state index is 0.0923. The Morgan fingerprint density at radius 1 is 1.17 bits per heavy atom. The van der Waals surface area contributed by atoms with Crippen LogP contribution in [0.15, 0.2) is 36.4 Å². The van der Waals surface area contributed by atoms with Crippen molar-refractivity contribution >= 4 is 23.2 Å². The predicted octanol–water partition coefficient (Wildman–Crippen LogP) is 4.80. The molecule has 0 aromatic heterocycles. The third kappa shape index (κ3) is 2.73. The van der Waals surface area contributed by atoms with Crippen LogP contribution in [-0.4, -0.2) is 0 Å². The SMILES string of the molecule is N#Cc1cc(Cl)cc(Oc2c(F)cccc2Cl)c1. The summed E-state index contributed by atoms with van der Waals surface area (Å²) in [5.41, 5.74) is 0.324. The van der Waals surface area contributed by atoms with Crippen molar-refractivity contribution in [1.29, 1.82) is 5.26 Å². The first-order valence-corrected chi connectivity index (χ1v) is 5.68. The van der Waals surface area contributed by atoms with Gasteiger partial charge in [-0.1, -0.05) is 29.3 Å². The summed E-state index contributed by atoms with van der Waals surface area (Å²) in [5, 5.41) is 9.27. The second kappa shape index (κ2) is 5.26. The largest absolute Gasteiger partial charge is 0.453 e. The Labute approximate surface area is 113 Å². The Morgan fingerprint density at radius 3 is 2.61 bits per heavy atom. The maximum absolute atomic E-state index is 13.5. The van der Waals surface area contributed by atoms with Gasteiger partial charge < -0.3 is 4.74 Å². The van der Waals surface area contributed by atoms with E-state index >= 15 is 0 Å². The van der Waals surface area contributed by atoms with Gasteiger partial charge in [-0.15, -0.1) is 0 Å². The van der Waals surface area contributed by atoms with Crippen LogP contribution >= 0.6 is 23.2 Å². The summed E-state index contributed by atoms with van der Waals surface area (Å²) < 4.78 is 18.8. The molecule has 0 N–H and O–H groups in total. The highest BCUT2D eigenvalue weighted by molar-refractivity contribution is 6.32. The van der Waals surface area contributed by atoms with Crippen LogP contribution in [-0.2, 0) is 0 Å². The lowest BCUT2D eigenvalue weighted by molar-refractivity contribution is 0.442. The van der Waals surface area contributed by atoms with Crippen LogP contribution in [0.3, 0.4) is 0 Å². The number of hydrogen-bond donors (Lipinski definition) is 0. The quantitative estimate of drug-likeness (QED) is 0.792. The van der Waals surface area contributed by atoms with Crippen molar-refractivity contribution in [3.8, 4) is 17.6 Å². The summed E-state index contributed by atoms with van der Waals surface area (Å²) in [4.78, 5) is 0. The van der Waals surface area contributed by atoms with E-state index < -0.39 is 5.82 Å². The summed E-state index contributed by atoms with van der Waals surface area (Å²) in [6.07, 6.45) is 0. The fraction of sp³-hybridized carbons (Fsp3) is 0. The lowest BCUT2D eigenvalue weighted by Crippen LogP contribution is -1.90. The number of hydrogen-bond acceptors (Lipinski definition) is 2. The molecule has 0 aliphatic heterocycles. The molecule has 5 heteroatoms. The average Bonchev–Trinajstić information content (AvgIpc) is 2.33. The van der Waals surface area contributed by atoms with E-state index in [1.807, 2.05) is 6.07 Å². The summed E-state index contributed by atoms with van der Waals surface area (Å²) >= 11 is 11.6. The highest BCUT2D eigenvalue weighted by atomic mass is 35.5. The zero-order valence-electron chi connectivity index (χ0n) is 8.95. The Hall–Kier alpha value is -1.76. The fourth-order valence-electron chi connectivity index (χ4n) is 1.38. The van der Waals surface area contributed by atoms with E-state index in [0.717, 1.165) is 0 Å². The molecule has 0 saturated carbocycles. The molecular formula is C13H6Cl2FNO. The standard InChI is InChI=1S/C13H6Cl2FNO/c14-9-4-8(7-17)5-10(6-9)18-13-11(15)2-1-3-12(13)16/h1-6H. The first kappa shape index (κ1) is 12.7. The van der Waals surface area contributed by atoms with E-state index in [2.05, 4.69) is 0 Å². The van der Waals surface area contributed by atoms with Gasteiger partial charge in [0, 0.05) is 5.02 Å². The van der Waals surface area contributed by atoms with Gasteiger partial charge in [0.25, 0.3) is 0 Å². The number of para-hydroxylation sites is 1. The van der Waals surface area contributed by atoms with Crippen molar-refractivity contribution in [1.82, 2.24) is 0 Å². The van der Waals surface area contributed by atoms with Crippen LogP contribution in [0.4, 0.5) is 4.39 Å². The van der Waals surface area contributed by atoms with Crippen LogP contribution < -0.4 is 4.74 Å². The molecule has 0 aliphatic rings. The second-order valence-corrected chi connectivity index (χ2v) is 4.28. The van der Waals surface area contributed by atoms with Crippen molar-refractivity contribution in [3.05, 3.63) is 57.8 Å². The van der Waals surface area contributed by atoms with Crippen molar-refractivity contribution in [2.45, 2.75) is 0 Å². The van der Waals surface area contributed by atoms with Gasteiger partial charge in [-0.2, -0.15) is 5.26 Å². The molecular weight excluding hydrogens is 276 g/mol. The van der Waals surface area contributed by atoms with Crippen molar-refractivity contribution < 1.29 is 9.13 Å². The molecule has 0 amide bonds. The predicted molar refractivity (Wildman–Crippen MR) is 67.7 cm³/mol. The number of nitrogens with zero attached hydrogens (tertiary/aromatic N) is 1. The average molecular weight is 282 g/mol. The van der Waals surface area contributed by atoms with Gasteiger partial charge in [0.05, 0.1) is 16.7 Å². The zero-order chi connectivity index (χ0) is 13.1. The molecule has 0 fully saturated rings. The Kier molecular flexibility index (Phi) is 3.71. The summed E-state index contributed by atoms with van der Waals surface area (Å²) in [6, 6.07) is 10.6. The number of benzene rings is 2. The van der Waals surface area contributed by atoms with E-state index in [0.29, 0.717) is 10.6 Å². The van der Waals surface area contributed by atoms with Crippen LogP contribution in [0.2, 0.25) is 10.0 Å². The smallest absolute Gasteiger partial charge is 0.181 e. The highest BCUT2D eigenvalue weighted by Crippen LogP contribution is 2.33. The molecule has 0 unspecified atom stereocenters. The maximum atomic E-state index is 13.5. The third-order valence-corrected chi connectivity index (χ3v) is 2.66. The Bertz CT molecular complexity index is 617. The van der Waals surface area contributed by atoms with Crippen molar-refractivity contribution in [2.24, 2.45) is 0 Å². The van der Waals surface area contributed by atoms with Gasteiger partial charge in [0.1, 0.15) is 5.75 Å². The van der Waals surface area contributed by atoms with Crippen LogP contribution in [0, 0.1) is 17.1 Å². The van der Waals surface area contributed by atoms with Crippen LogP contribution in [0.5, 0.6) is 11.5 Å². The van der Waals surface area contributed by atoms with Gasteiger partial charge in [-0.05, 0) is 30.3 Å². The lowest BCUT2D eigenvalue weighted by atomic mass is 10.2. The van der Waals surface area contributed by atoms with E-state index in [-0.39, 0.29) is 16.5 Å². The molecule has 0 aliphatic carbocycles. The third-order valence-electron chi connectivity index (χ3n) is 2.14. The molecule has 0 saturated heterocycles. The number of nitriles is 1. The van der Waals surface area contributed by atoms with Gasteiger partial charge >= 0.3 is 0 Å². The number of rotatable bonds is 2. The van der Waals surface area contributed by atoms with Crippen LogP contribution in [0.1, 0.15) is 5.56 Å². The van der Waals surface area contributed by atoms with Gasteiger partial charge in [-0.25, -0.2) is 4.39 Å². The van der Waals surface area contributed by atoms with Crippen LogP contribution in [0.25, 0.3) is 0 Å². The zero-order valence-corrected chi connectivity index (χ0v) is 10.5. The molecule has 0 bridgehead atoms. The lowest BCUT2D eigenvalue weighted by Gasteiger charge is -2.09. The van der Waals surface area contributed by atoms with Crippen molar-refractivity contribution in [2.75, 3.05) is 0 Å². The van der Waals surface area contributed by atoms with E-state index in [4.69, 9.17) is 33.2 Å². The number of ether oxygens (including phenoxy) is 1. The molecule has 90 valence electrons. The fourth-order valence-corrected chi connectivity index (χ4v) is 1.81. The van der Waals surface area contributed by atoms with Crippen molar-refractivity contribution in [3.63, 3.8) is 0 Å². The molecule has 2 aromatic rings. The monoisotopic (exact) mass is 281 g/mol. The highest BCUT2D eigenvalue weighted by Gasteiger charge is 2.10. The first-order valence-electron chi connectivity index (χ1n) is 4.92. The second-order valence-electron chi connectivity index (χ2n) is 3.44. The van der Waals surface area contributed by atoms with Gasteiger partial charge in [0.15, 0.2) is 11.6 Å². The van der Waals surface area contributed by atoms with E-state index in [1.54, 1.807) is 0 Å². The molecule has 0 heterocycles. The first-order chi connectivity index (χ1) is 8.60. The normalized spacial score (nSPS) is 9.89. The van der Waals surface area contributed by atoms with Gasteiger partial charge in [-0.3, -0.25) is 0 Å². The molecule has 0 radical (unpaired) electrons. The van der Waals surface area contributed by atoms with Gasteiger partial charge in [0.2, 0.25) is 0 Å². The maximum Gasteiger partial charge on any atom is 0.181 e. The number of halogens is 3. The topological polar surface area (TPSA) is 33.0 Å². The Morgan fingerprint density at radius 2 is 1.94 bits per heavy atom. The molecule has 0 spiro atoms. The summed E-state index contributed by atoms with van der Waals surface area (Å²) in [5.74, 6) is -0.419. The Balaban J connectivity index is 2.40. The molecule has 2 nitrogen and oxygen atoms in total. The molecule has 2 aromatic carbocycles. The molecule has 0 atom stereocenters. The van der Waals surface area contributed by atoms with E-state index in [9.17, 15) is 4.39 Å². The summed E-state index contributed by atoms with van der Waals surface area (Å²) in [6.45, 7) is 0. The summed E-state index contributed by atoms with van der Waals surface area (Å²) in [7, 11) is 0.